The summed E-state index contributed by atoms with van der Waals surface area (Å²) >= 11 is 1.76. The summed E-state index contributed by atoms with van der Waals surface area (Å²) in [6.07, 6.45) is 7.61. The molecule has 0 amide bonds. The van der Waals surface area contributed by atoms with Gasteiger partial charge in [-0.15, -0.1) is 11.3 Å². The zero-order chi connectivity index (χ0) is 22.4. The maximum Gasteiger partial charge on any atom is 0.0367 e. The van der Waals surface area contributed by atoms with Crippen LogP contribution in [-0.2, 0) is 0 Å². The lowest BCUT2D eigenvalue weighted by Gasteiger charge is -1.94. The van der Waals surface area contributed by atoms with Crippen LogP contribution in [0.25, 0.3) is 20.2 Å². The summed E-state index contributed by atoms with van der Waals surface area (Å²) in [6, 6.07) is 12.7. The fourth-order valence-electron chi connectivity index (χ4n) is 2.81. The molecule has 0 fully saturated rings. The van der Waals surface area contributed by atoms with Crippen LogP contribution in [0.1, 0.15) is 25.0 Å². The number of thiophene rings is 1. The van der Waals surface area contributed by atoms with Crippen LogP contribution in [0.5, 0.6) is 0 Å². The predicted molar refractivity (Wildman–Crippen MR) is 139 cm³/mol. The van der Waals surface area contributed by atoms with E-state index in [9.17, 15) is 0 Å². The quantitative estimate of drug-likeness (QED) is 0.297. The molecular weight excluding hydrogens is 392 g/mol. The van der Waals surface area contributed by atoms with Crippen LogP contribution in [0.2, 0.25) is 0 Å². The van der Waals surface area contributed by atoms with Crippen LogP contribution in [0.15, 0.2) is 109 Å². The van der Waals surface area contributed by atoms with E-state index < -0.39 is 0 Å². The van der Waals surface area contributed by atoms with Gasteiger partial charge in [0.15, 0.2) is 0 Å². The van der Waals surface area contributed by atoms with E-state index in [1.807, 2.05) is 38.2 Å². The molecule has 3 aromatic rings. The molecule has 0 unspecified atom stereocenters. The number of hydrogen-bond acceptors (Lipinski definition) is 1. The molecule has 31 heavy (non-hydrogen) atoms. The Kier molecular flexibility index (Phi) is 6.94. The maximum atomic E-state index is 3.97. The maximum absolute atomic E-state index is 3.97. The van der Waals surface area contributed by atoms with Crippen molar-refractivity contribution in [3.63, 3.8) is 0 Å². The molecule has 0 atom stereocenters. The van der Waals surface area contributed by atoms with E-state index in [0.29, 0.717) is 0 Å². The molecule has 0 saturated carbocycles. The molecule has 0 aliphatic heterocycles. The third-order valence-electron chi connectivity index (χ3n) is 4.35. The molecule has 1 aromatic heterocycles. The molecule has 0 nitrogen and oxygen atoms in total. The van der Waals surface area contributed by atoms with Crippen molar-refractivity contribution in [1.29, 1.82) is 0 Å². The lowest BCUT2D eigenvalue weighted by molar-refractivity contribution is 1.55. The van der Waals surface area contributed by atoms with E-state index in [2.05, 4.69) is 86.4 Å². The average Bonchev–Trinajstić information content (AvgIpc) is 3.10. The summed E-state index contributed by atoms with van der Waals surface area (Å²) in [6.45, 7) is 19.5. The number of allylic oxidation sites excluding steroid dienone is 8. The van der Waals surface area contributed by atoms with Gasteiger partial charge < -0.3 is 0 Å². The first-order valence-corrected chi connectivity index (χ1v) is 10.7. The Bertz CT molecular complexity index is 1300. The molecule has 1 heterocycles. The van der Waals surface area contributed by atoms with Gasteiger partial charge in [-0.1, -0.05) is 85.4 Å². The number of hydrogen-bond donors (Lipinski definition) is 0. The molecule has 0 aliphatic carbocycles. The van der Waals surface area contributed by atoms with Crippen molar-refractivity contribution < 1.29 is 0 Å². The first-order chi connectivity index (χ1) is 14.8. The largest absolute Gasteiger partial charge is 0.135 e. The molecule has 0 radical (unpaired) electrons. The van der Waals surface area contributed by atoms with Gasteiger partial charge in [-0.3, -0.25) is 0 Å². The molecule has 150 valence electrons. The highest BCUT2D eigenvalue weighted by atomic mass is 32.1. The van der Waals surface area contributed by atoms with Gasteiger partial charge in [-0.2, -0.15) is 0 Å². The van der Waals surface area contributed by atoms with E-state index in [-0.39, 0.29) is 0 Å². The number of benzene rings is 2. The van der Waals surface area contributed by atoms with Crippen LogP contribution in [-0.4, -0.2) is 0 Å². The lowest BCUT2D eigenvalue weighted by atomic mass is 10.1. The standard InChI is InChI=1S/C30H24S/c1-21(2)7-9-23(5)11-13-25-15-17-27-28-18-16-26(20-30(28)31-29(27)19-25)14-12-24(6)10-8-22(3)4/h7-10,15-20H,1,3,5-6H2,2,4H3/b9-7-,10-8-. The monoisotopic (exact) mass is 416 g/mol. The van der Waals surface area contributed by atoms with Gasteiger partial charge in [-0.25, -0.2) is 0 Å². The van der Waals surface area contributed by atoms with Crippen molar-refractivity contribution in [2.24, 2.45) is 0 Å². The van der Waals surface area contributed by atoms with Gasteiger partial charge in [0.1, 0.15) is 0 Å². The smallest absolute Gasteiger partial charge is 0.0367 e. The topological polar surface area (TPSA) is 0 Å². The minimum absolute atomic E-state index is 0.766. The van der Waals surface area contributed by atoms with Crippen molar-refractivity contribution in [1.82, 2.24) is 0 Å². The van der Waals surface area contributed by atoms with Gasteiger partial charge in [0.05, 0.1) is 0 Å². The molecule has 0 aliphatic rings. The van der Waals surface area contributed by atoms with Crippen molar-refractivity contribution in [3.05, 3.63) is 120 Å². The minimum Gasteiger partial charge on any atom is -0.135 e. The molecule has 0 bridgehead atoms. The first kappa shape index (κ1) is 21.9. The SMILES string of the molecule is C=C(C)/C=C\C(=C)C#Cc1ccc2c(c1)sc1cc(C#CC(=C)/C=C\C(=C)C)ccc12. The van der Waals surface area contributed by atoms with Crippen molar-refractivity contribution in [3.8, 4) is 23.7 Å². The number of rotatable bonds is 4. The van der Waals surface area contributed by atoms with E-state index in [4.69, 9.17) is 0 Å². The lowest BCUT2D eigenvalue weighted by Crippen LogP contribution is -1.76. The van der Waals surface area contributed by atoms with Gasteiger partial charge in [-0.05, 0) is 50.3 Å². The van der Waals surface area contributed by atoms with Crippen LogP contribution in [0, 0.1) is 23.7 Å². The second-order valence-corrected chi connectivity index (χ2v) is 8.52. The zero-order valence-electron chi connectivity index (χ0n) is 18.0. The van der Waals surface area contributed by atoms with E-state index >= 15 is 0 Å². The van der Waals surface area contributed by atoms with Crippen LogP contribution >= 0.6 is 11.3 Å². The van der Waals surface area contributed by atoms with Crippen molar-refractivity contribution in [2.45, 2.75) is 13.8 Å². The zero-order valence-corrected chi connectivity index (χ0v) is 18.8. The Morgan fingerprint density at radius 3 is 1.48 bits per heavy atom. The summed E-state index contributed by atoms with van der Waals surface area (Å²) in [5.41, 5.74) is 5.44. The molecule has 0 spiro atoms. The third kappa shape index (κ3) is 6.10. The van der Waals surface area contributed by atoms with Gasteiger partial charge in [0.25, 0.3) is 0 Å². The van der Waals surface area contributed by atoms with Crippen LogP contribution in [0.3, 0.4) is 0 Å². The fraction of sp³-hybridized carbons (Fsp3) is 0.0667. The highest BCUT2D eigenvalue weighted by Gasteiger charge is 2.06. The molecular formula is C30H24S. The fourth-order valence-corrected chi connectivity index (χ4v) is 3.99. The van der Waals surface area contributed by atoms with E-state index in [1.165, 1.54) is 20.2 Å². The second-order valence-electron chi connectivity index (χ2n) is 7.43. The average molecular weight is 417 g/mol. The predicted octanol–water partition coefficient (Wildman–Crippen LogP) is 8.13. The van der Waals surface area contributed by atoms with Crippen LogP contribution in [0.4, 0.5) is 0 Å². The van der Waals surface area contributed by atoms with Gasteiger partial charge >= 0.3 is 0 Å². The number of fused-ring (bicyclic) bond motifs is 3. The van der Waals surface area contributed by atoms with E-state index in [0.717, 1.165) is 33.4 Å². The summed E-state index contributed by atoms with van der Waals surface area (Å²) in [5, 5.41) is 2.47. The third-order valence-corrected chi connectivity index (χ3v) is 5.46. The van der Waals surface area contributed by atoms with Gasteiger partial charge in [0, 0.05) is 42.4 Å². The Hall–Kier alpha value is -3.78. The first-order valence-electron chi connectivity index (χ1n) is 9.87. The molecule has 0 saturated heterocycles. The Labute approximate surface area is 189 Å². The Morgan fingerprint density at radius 2 is 1.10 bits per heavy atom. The molecule has 3 rings (SSSR count). The second kappa shape index (κ2) is 9.82. The van der Waals surface area contributed by atoms with E-state index in [1.54, 1.807) is 11.3 Å². The van der Waals surface area contributed by atoms with Crippen molar-refractivity contribution >= 4 is 31.5 Å². The highest BCUT2D eigenvalue weighted by molar-refractivity contribution is 7.25. The van der Waals surface area contributed by atoms with Crippen molar-refractivity contribution in [2.75, 3.05) is 0 Å². The summed E-state index contributed by atoms with van der Waals surface area (Å²) in [4.78, 5) is 0. The molecule has 1 heteroatoms. The summed E-state index contributed by atoms with van der Waals surface area (Å²) in [5.74, 6) is 12.6. The van der Waals surface area contributed by atoms with Gasteiger partial charge in [0.2, 0.25) is 0 Å². The minimum atomic E-state index is 0.766. The Morgan fingerprint density at radius 1 is 0.677 bits per heavy atom. The molecule has 2 aromatic carbocycles. The Balaban J connectivity index is 1.88. The van der Waals surface area contributed by atoms with Crippen LogP contribution < -0.4 is 0 Å². The summed E-state index contributed by atoms with van der Waals surface area (Å²) < 4.78 is 2.42. The normalized spacial score (nSPS) is 10.6. The molecule has 0 N–H and O–H groups in total. The highest BCUT2D eigenvalue weighted by Crippen LogP contribution is 2.34. The summed E-state index contributed by atoms with van der Waals surface area (Å²) in [7, 11) is 0.